The van der Waals surface area contributed by atoms with E-state index in [1.165, 1.54) is 5.56 Å². The summed E-state index contributed by atoms with van der Waals surface area (Å²) >= 11 is 11.1. The molecule has 20 heavy (non-hydrogen) atoms. The summed E-state index contributed by atoms with van der Waals surface area (Å²) < 4.78 is 0.812. The third-order valence-corrected chi connectivity index (χ3v) is 5.54. The van der Waals surface area contributed by atoms with Crippen molar-refractivity contribution >= 4 is 44.8 Å². The van der Waals surface area contributed by atoms with Crippen LogP contribution in [-0.2, 0) is 0 Å². The van der Waals surface area contributed by atoms with Crippen LogP contribution in [0.4, 0.5) is 0 Å². The van der Waals surface area contributed by atoms with Gasteiger partial charge in [0.1, 0.15) is 0 Å². The maximum atomic E-state index is 12.7. The van der Waals surface area contributed by atoms with Gasteiger partial charge in [0.15, 0.2) is 0 Å². The SMILES string of the molecule is O=C(c1ccc(Br)c(Cl)c1)N1CCCC1c1ccsc1. The zero-order valence-corrected chi connectivity index (χ0v) is 13.8. The van der Waals surface area contributed by atoms with Gasteiger partial charge in [0.2, 0.25) is 0 Å². The Morgan fingerprint density at radius 2 is 2.25 bits per heavy atom. The lowest BCUT2D eigenvalue weighted by Gasteiger charge is -2.24. The van der Waals surface area contributed by atoms with E-state index in [2.05, 4.69) is 32.8 Å². The van der Waals surface area contributed by atoms with Crippen LogP contribution in [0.25, 0.3) is 0 Å². The van der Waals surface area contributed by atoms with Crippen molar-refractivity contribution in [2.45, 2.75) is 18.9 Å². The molecule has 1 aromatic carbocycles. The van der Waals surface area contributed by atoms with Crippen LogP contribution in [0.5, 0.6) is 0 Å². The molecule has 0 spiro atoms. The Labute approximate surface area is 135 Å². The Balaban J connectivity index is 1.87. The average molecular weight is 371 g/mol. The van der Waals surface area contributed by atoms with Crippen LogP contribution in [0.15, 0.2) is 39.5 Å². The molecule has 2 nitrogen and oxygen atoms in total. The molecule has 1 amide bonds. The molecule has 1 aromatic heterocycles. The molecular weight excluding hydrogens is 358 g/mol. The van der Waals surface area contributed by atoms with Gasteiger partial charge in [-0.3, -0.25) is 4.79 Å². The molecule has 5 heteroatoms. The lowest BCUT2D eigenvalue weighted by atomic mass is 10.1. The number of thiophene rings is 1. The Kier molecular flexibility index (Phi) is 4.15. The fourth-order valence-electron chi connectivity index (χ4n) is 2.62. The van der Waals surface area contributed by atoms with Crippen LogP contribution in [0.2, 0.25) is 5.02 Å². The fraction of sp³-hybridized carbons (Fsp3) is 0.267. The van der Waals surface area contributed by atoms with Gasteiger partial charge < -0.3 is 4.90 Å². The molecule has 1 atom stereocenters. The zero-order chi connectivity index (χ0) is 14.1. The van der Waals surface area contributed by atoms with E-state index < -0.39 is 0 Å². The van der Waals surface area contributed by atoms with Crippen LogP contribution < -0.4 is 0 Å². The zero-order valence-electron chi connectivity index (χ0n) is 10.7. The van der Waals surface area contributed by atoms with Gasteiger partial charge in [0.05, 0.1) is 11.1 Å². The number of hydrogen-bond donors (Lipinski definition) is 0. The first-order chi connectivity index (χ1) is 9.66. The molecule has 2 heterocycles. The molecule has 1 unspecified atom stereocenters. The number of carbonyl (C=O) groups is 1. The number of amides is 1. The maximum absolute atomic E-state index is 12.7. The molecule has 2 aromatic rings. The third kappa shape index (κ3) is 2.65. The van der Waals surface area contributed by atoms with Crippen LogP contribution >= 0.6 is 38.9 Å². The normalized spacial score (nSPS) is 18.5. The Hall–Kier alpha value is -0.840. The highest BCUT2D eigenvalue weighted by atomic mass is 79.9. The summed E-state index contributed by atoms with van der Waals surface area (Å²) in [6.45, 7) is 0.813. The molecule has 0 N–H and O–H groups in total. The molecular formula is C15H13BrClNOS. The largest absolute Gasteiger partial charge is 0.332 e. The summed E-state index contributed by atoms with van der Waals surface area (Å²) in [5.41, 5.74) is 1.89. The molecule has 0 radical (unpaired) electrons. The van der Waals surface area contributed by atoms with Crippen molar-refractivity contribution in [2.75, 3.05) is 6.54 Å². The Morgan fingerprint density at radius 1 is 1.40 bits per heavy atom. The first-order valence-electron chi connectivity index (χ1n) is 6.45. The van der Waals surface area contributed by atoms with Crippen molar-refractivity contribution in [2.24, 2.45) is 0 Å². The summed E-state index contributed by atoms with van der Waals surface area (Å²) in [5, 5.41) is 4.76. The van der Waals surface area contributed by atoms with Crippen molar-refractivity contribution in [3.05, 3.63) is 55.6 Å². The standard InChI is InChI=1S/C15H13BrClNOS/c16-12-4-3-10(8-13(12)17)15(19)18-6-1-2-14(18)11-5-7-20-9-11/h3-5,7-9,14H,1-2,6H2. The minimum atomic E-state index is 0.0631. The van der Waals surface area contributed by atoms with Crippen molar-refractivity contribution in [1.82, 2.24) is 4.90 Å². The maximum Gasteiger partial charge on any atom is 0.254 e. The predicted octanol–water partition coefficient (Wildman–Crippen LogP) is 5.14. The molecule has 0 aliphatic carbocycles. The number of nitrogens with zero attached hydrogens (tertiary/aromatic N) is 1. The molecule has 104 valence electrons. The summed E-state index contributed by atoms with van der Waals surface area (Å²) in [4.78, 5) is 14.6. The van der Waals surface area contributed by atoms with Gasteiger partial charge in [-0.1, -0.05) is 11.6 Å². The average Bonchev–Trinajstić information content (AvgIpc) is 3.10. The molecule has 0 bridgehead atoms. The first kappa shape index (κ1) is 14.1. The van der Waals surface area contributed by atoms with E-state index in [-0.39, 0.29) is 11.9 Å². The number of benzene rings is 1. The lowest BCUT2D eigenvalue weighted by molar-refractivity contribution is 0.0736. The highest BCUT2D eigenvalue weighted by Crippen LogP contribution is 2.34. The van der Waals surface area contributed by atoms with E-state index in [0.717, 1.165) is 23.9 Å². The molecule has 1 aliphatic heterocycles. The number of hydrogen-bond acceptors (Lipinski definition) is 2. The lowest BCUT2D eigenvalue weighted by Crippen LogP contribution is -2.30. The highest BCUT2D eigenvalue weighted by molar-refractivity contribution is 9.10. The van der Waals surface area contributed by atoms with Crippen molar-refractivity contribution < 1.29 is 4.79 Å². The molecule has 1 aliphatic rings. The van der Waals surface area contributed by atoms with Gasteiger partial charge >= 0.3 is 0 Å². The molecule has 1 saturated heterocycles. The number of rotatable bonds is 2. The van der Waals surface area contributed by atoms with Gasteiger partial charge in [0, 0.05) is 16.6 Å². The summed E-state index contributed by atoms with van der Waals surface area (Å²) in [7, 11) is 0. The monoisotopic (exact) mass is 369 g/mol. The Bertz CT molecular complexity index is 629. The Morgan fingerprint density at radius 3 is 2.95 bits per heavy atom. The van der Waals surface area contributed by atoms with E-state index in [1.807, 2.05) is 17.0 Å². The van der Waals surface area contributed by atoms with E-state index in [1.54, 1.807) is 17.4 Å². The number of likely N-dealkylation sites (tertiary alicyclic amines) is 1. The van der Waals surface area contributed by atoms with E-state index in [0.29, 0.717) is 10.6 Å². The van der Waals surface area contributed by atoms with Crippen LogP contribution in [-0.4, -0.2) is 17.4 Å². The molecule has 3 rings (SSSR count). The quantitative estimate of drug-likeness (QED) is 0.716. The van der Waals surface area contributed by atoms with Gasteiger partial charge in [0.25, 0.3) is 5.91 Å². The van der Waals surface area contributed by atoms with Crippen molar-refractivity contribution in [3.8, 4) is 0 Å². The predicted molar refractivity (Wildman–Crippen MR) is 86.5 cm³/mol. The second kappa shape index (κ2) is 5.88. The second-order valence-electron chi connectivity index (χ2n) is 4.84. The molecule has 0 saturated carbocycles. The third-order valence-electron chi connectivity index (χ3n) is 3.61. The smallest absolute Gasteiger partial charge is 0.254 e. The van der Waals surface area contributed by atoms with Gasteiger partial charge in [-0.2, -0.15) is 11.3 Å². The summed E-state index contributed by atoms with van der Waals surface area (Å²) in [5.74, 6) is 0.0631. The van der Waals surface area contributed by atoms with E-state index >= 15 is 0 Å². The highest BCUT2D eigenvalue weighted by Gasteiger charge is 2.30. The fourth-order valence-corrected chi connectivity index (χ4v) is 3.75. The van der Waals surface area contributed by atoms with Gasteiger partial charge in [-0.05, 0) is 69.4 Å². The van der Waals surface area contributed by atoms with E-state index in [4.69, 9.17) is 11.6 Å². The van der Waals surface area contributed by atoms with Crippen molar-refractivity contribution in [3.63, 3.8) is 0 Å². The number of halogens is 2. The first-order valence-corrected chi connectivity index (χ1v) is 8.56. The van der Waals surface area contributed by atoms with Gasteiger partial charge in [-0.25, -0.2) is 0 Å². The summed E-state index contributed by atoms with van der Waals surface area (Å²) in [6, 6.07) is 7.69. The van der Waals surface area contributed by atoms with Crippen LogP contribution in [0.3, 0.4) is 0 Å². The molecule has 1 fully saturated rings. The van der Waals surface area contributed by atoms with Gasteiger partial charge in [-0.15, -0.1) is 0 Å². The topological polar surface area (TPSA) is 20.3 Å². The van der Waals surface area contributed by atoms with Crippen LogP contribution in [0.1, 0.15) is 34.8 Å². The summed E-state index contributed by atoms with van der Waals surface area (Å²) in [6.07, 6.45) is 2.09. The van der Waals surface area contributed by atoms with Crippen LogP contribution in [0, 0.1) is 0 Å². The minimum Gasteiger partial charge on any atom is -0.332 e. The minimum absolute atomic E-state index is 0.0631. The number of carbonyl (C=O) groups excluding carboxylic acids is 1. The second-order valence-corrected chi connectivity index (χ2v) is 6.88. The van der Waals surface area contributed by atoms with E-state index in [9.17, 15) is 4.79 Å². The van der Waals surface area contributed by atoms with Crippen molar-refractivity contribution in [1.29, 1.82) is 0 Å².